The van der Waals surface area contributed by atoms with E-state index in [9.17, 15) is 9.18 Å². The first-order chi connectivity index (χ1) is 10.7. The zero-order valence-corrected chi connectivity index (χ0v) is 12.4. The molecule has 0 aliphatic heterocycles. The molecule has 0 saturated heterocycles. The minimum atomic E-state index is -0.261. The Labute approximate surface area is 129 Å². The van der Waals surface area contributed by atoms with Gasteiger partial charge in [-0.25, -0.2) is 4.39 Å². The fraction of sp³-hybridized carbons (Fsp3) is 0.167. The third-order valence-corrected chi connectivity index (χ3v) is 3.14. The molecule has 1 N–H and O–H groups in total. The Hall–Kier alpha value is -2.62. The minimum Gasteiger partial charge on any atom is -0.497 e. The second-order valence-electron chi connectivity index (χ2n) is 4.78. The number of hydrogen-bond acceptors (Lipinski definition) is 2. The normalized spacial score (nSPS) is 10.6. The van der Waals surface area contributed by atoms with E-state index in [0.717, 1.165) is 16.9 Å². The molecule has 0 bridgehead atoms. The topological polar surface area (TPSA) is 38.3 Å². The standard InChI is InChI=1S/C18H18FNO2/c1-22-17-8-5-14(6-9-17)7-10-18(21)20-12-11-15-3-2-4-16(19)13-15/h2-10,13H,11-12H2,1H3,(H,20,21)/b10-7+. The predicted molar refractivity (Wildman–Crippen MR) is 85.1 cm³/mol. The third-order valence-electron chi connectivity index (χ3n) is 3.14. The van der Waals surface area contributed by atoms with E-state index in [-0.39, 0.29) is 11.7 Å². The van der Waals surface area contributed by atoms with Gasteiger partial charge in [-0.05, 0) is 47.9 Å². The van der Waals surface area contributed by atoms with Crippen molar-refractivity contribution in [2.75, 3.05) is 13.7 Å². The molecular weight excluding hydrogens is 281 g/mol. The van der Waals surface area contributed by atoms with Gasteiger partial charge in [0.1, 0.15) is 11.6 Å². The van der Waals surface area contributed by atoms with E-state index in [1.165, 1.54) is 18.2 Å². The van der Waals surface area contributed by atoms with E-state index in [0.29, 0.717) is 13.0 Å². The van der Waals surface area contributed by atoms with Crippen LogP contribution >= 0.6 is 0 Å². The smallest absolute Gasteiger partial charge is 0.244 e. The van der Waals surface area contributed by atoms with Crippen molar-refractivity contribution in [3.05, 3.63) is 71.6 Å². The molecule has 0 saturated carbocycles. The van der Waals surface area contributed by atoms with Crippen molar-refractivity contribution in [3.8, 4) is 5.75 Å². The van der Waals surface area contributed by atoms with Gasteiger partial charge in [-0.3, -0.25) is 4.79 Å². The Morgan fingerprint density at radius 3 is 2.68 bits per heavy atom. The highest BCUT2D eigenvalue weighted by Gasteiger charge is 1.98. The van der Waals surface area contributed by atoms with Gasteiger partial charge in [0.05, 0.1) is 7.11 Å². The number of carbonyl (C=O) groups is 1. The molecule has 0 aromatic heterocycles. The molecule has 0 unspecified atom stereocenters. The van der Waals surface area contributed by atoms with Crippen molar-refractivity contribution in [2.45, 2.75) is 6.42 Å². The first-order valence-electron chi connectivity index (χ1n) is 7.02. The van der Waals surface area contributed by atoms with Crippen molar-refractivity contribution in [2.24, 2.45) is 0 Å². The Bertz CT molecular complexity index is 650. The van der Waals surface area contributed by atoms with Crippen molar-refractivity contribution in [1.82, 2.24) is 5.32 Å². The van der Waals surface area contributed by atoms with E-state index in [1.807, 2.05) is 30.3 Å². The van der Waals surface area contributed by atoms with Crippen molar-refractivity contribution in [3.63, 3.8) is 0 Å². The highest BCUT2D eigenvalue weighted by atomic mass is 19.1. The number of methoxy groups -OCH3 is 1. The summed E-state index contributed by atoms with van der Waals surface area (Å²) >= 11 is 0. The fourth-order valence-corrected chi connectivity index (χ4v) is 1.97. The van der Waals surface area contributed by atoms with Crippen LogP contribution < -0.4 is 10.1 Å². The van der Waals surface area contributed by atoms with Crippen LogP contribution in [0.25, 0.3) is 6.08 Å². The molecule has 22 heavy (non-hydrogen) atoms. The van der Waals surface area contributed by atoms with Crippen LogP contribution in [0, 0.1) is 5.82 Å². The zero-order chi connectivity index (χ0) is 15.8. The lowest BCUT2D eigenvalue weighted by molar-refractivity contribution is -0.116. The quantitative estimate of drug-likeness (QED) is 0.832. The number of amides is 1. The molecule has 0 aliphatic rings. The van der Waals surface area contributed by atoms with Crippen LogP contribution in [0.1, 0.15) is 11.1 Å². The van der Waals surface area contributed by atoms with Crippen LogP contribution in [0.15, 0.2) is 54.6 Å². The summed E-state index contributed by atoms with van der Waals surface area (Å²) in [5.74, 6) is 0.340. The van der Waals surface area contributed by atoms with Gasteiger partial charge in [0.2, 0.25) is 5.91 Å². The lowest BCUT2D eigenvalue weighted by atomic mass is 10.1. The van der Waals surface area contributed by atoms with Gasteiger partial charge < -0.3 is 10.1 Å². The van der Waals surface area contributed by atoms with Crippen LogP contribution in [-0.2, 0) is 11.2 Å². The summed E-state index contributed by atoms with van der Waals surface area (Å²) in [7, 11) is 1.61. The maximum atomic E-state index is 13.0. The number of halogens is 1. The summed E-state index contributed by atoms with van der Waals surface area (Å²) in [4.78, 5) is 11.7. The maximum Gasteiger partial charge on any atom is 0.244 e. The van der Waals surface area contributed by atoms with E-state index < -0.39 is 0 Å². The first-order valence-corrected chi connectivity index (χ1v) is 7.02. The molecule has 2 aromatic rings. The molecule has 4 heteroatoms. The van der Waals surface area contributed by atoms with Gasteiger partial charge in [-0.15, -0.1) is 0 Å². The number of hydrogen-bond donors (Lipinski definition) is 1. The summed E-state index contributed by atoms with van der Waals surface area (Å²) in [6.07, 6.45) is 3.81. The summed E-state index contributed by atoms with van der Waals surface area (Å²) in [5, 5.41) is 2.77. The molecule has 0 atom stereocenters. The summed E-state index contributed by atoms with van der Waals surface area (Å²) in [5.41, 5.74) is 1.78. The molecule has 0 aliphatic carbocycles. The first kappa shape index (κ1) is 15.8. The largest absolute Gasteiger partial charge is 0.497 e. The van der Waals surface area contributed by atoms with Crippen molar-refractivity contribution >= 4 is 12.0 Å². The zero-order valence-electron chi connectivity index (χ0n) is 12.4. The maximum absolute atomic E-state index is 13.0. The Balaban J connectivity index is 1.78. The second-order valence-corrected chi connectivity index (χ2v) is 4.78. The van der Waals surface area contributed by atoms with E-state index in [4.69, 9.17) is 4.74 Å². The van der Waals surface area contributed by atoms with Crippen LogP contribution in [0.3, 0.4) is 0 Å². The molecular formula is C18H18FNO2. The molecule has 1 amide bonds. The van der Waals surface area contributed by atoms with Crippen LogP contribution in [-0.4, -0.2) is 19.6 Å². The number of benzene rings is 2. The number of nitrogens with one attached hydrogen (secondary N) is 1. The fourth-order valence-electron chi connectivity index (χ4n) is 1.97. The van der Waals surface area contributed by atoms with Gasteiger partial charge in [0, 0.05) is 12.6 Å². The van der Waals surface area contributed by atoms with Gasteiger partial charge in [-0.1, -0.05) is 24.3 Å². The number of ether oxygens (including phenoxy) is 1. The number of carbonyl (C=O) groups excluding carboxylic acids is 1. The van der Waals surface area contributed by atoms with Gasteiger partial charge >= 0.3 is 0 Å². The summed E-state index contributed by atoms with van der Waals surface area (Å²) in [6.45, 7) is 0.467. The number of rotatable bonds is 6. The average molecular weight is 299 g/mol. The second kappa shape index (κ2) is 7.98. The summed E-state index contributed by atoms with van der Waals surface area (Å²) in [6, 6.07) is 13.8. The molecule has 2 aromatic carbocycles. The van der Waals surface area contributed by atoms with Crippen molar-refractivity contribution in [1.29, 1.82) is 0 Å². The van der Waals surface area contributed by atoms with Crippen LogP contribution in [0.2, 0.25) is 0 Å². The summed E-state index contributed by atoms with van der Waals surface area (Å²) < 4.78 is 18.1. The van der Waals surface area contributed by atoms with Gasteiger partial charge in [0.15, 0.2) is 0 Å². The van der Waals surface area contributed by atoms with E-state index in [1.54, 1.807) is 19.3 Å². The Morgan fingerprint density at radius 1 is 1.23 bits per heavy atom. The molecule has 3 nitrogen and oxygen atoms in total. The highest BCUT2D eigenvalue weighted by molar-refractivity contribution is 5.91. The molecule has 114 valence electrons. The molecule has 0 spiro atoms. The molecule has 0 heterocycles. The van der Waals surface area contributed by atoms with Crippen LogP contribution in [0.5, 0.6) is 5.75 Å². The molecule has 2 rings (SSSR count). The van der Waals surface area contributed by atoms with E-state index >= 15 is 0 Å². The lowest BCUT2D eigenvalue weighted by Crippen LogP contribution is -2.23. The van der Waals surface area contributed by atoms with E-state index in [2.05, 4.69) is 5.32 Å². The minimum absolute atomic E-state index is 0.174. The van der Waals surface area contributed by atoms with Crippen LogP contribution in [0.4, 0.5) is 4.39 Å². The third kappa shape index (κ3) is 5.05. The lowest BCUT2D eigenvalue weighted by Gasteiger charge is -2.03. The Morgan fingerprint density at radius 2 is 2.00 bits per heavy atom. The molecule has 0 fully saturated rings. The van der Waals surface area contributed by atoms with Gasteiger partial charge in [0.25, 0.3) is 0 Å². The predicted octanol–water partition coefficient (Wildman–Crippen LogP) is 3.21. The van der Waals surface area contributed by atoms with Gasteiger partial charge in [-0.2, -0.15) is 0 Å². The highest BCUT2D eigenvalue weighted by Crippen LogP contribution is 2.12. The monoisotopic (exact) mass is 299 g/mol. The molecule has 0 radical (unpaired) electrons. The average Bonchev–Trinajstić information content (AvgIpc) is 2.53. The Kier molecular flexibility index (Phi) is 5.72. The van der Waals surface area contributed by atoms with Crippen molar-refractivity contribution < 1.29 is 13.9 Å². The SMILES string of the molecule is COc1ccc(/C=C/C(=O)NCCc2cccc(F)c2)cc1.